The number of halogens is 1. The molecule has 0 amide bonds. The number of hydrogen-bond donors (Lipinski definition) is 2. The Labute approximate surface area is 194 Å². The molecule has 0 unspecified atom stereocenters. The Morgan fingerprint density at radius 3 is 2.69 bits per heavy atom. The smallest absolute Gasteiger partial charge is 0.248 e. The second-order valence-electron chi connectivity index (χ2n) is 8.31. The van der Waals surface area contributed by atoms with Gasteiger partial charge in [-0.2, -0.15) is 0 Å². The number of rotatable bonds is 5. The van der Waals surface area contributed by atoms with Crippen molar-refractivity contribution in [2.45, 2.75) is 32.2 Å². The number of alkyl halides is 1. The fraction of sp³-hybridized carbons (Fsp3) is 0.269. The normalized spacial score (nSPS) is 21.5. The monoisotopic (exact) mass is 448 g/mol. The molecule has 0 bridgehead atoms. The highest BCUT2D eigenvalue weighted by molar-refractivity contribution is 6.21. The molecule has 2 aliphatic rings. The Morgan fingerprint density at radius 2 is 1.97 bits per heavy atom. The summed E-state index contributed by atoms with van der Waals surface area (Å²) in [5, 5.41) is 3.47. The molecular weight excluding hydrogens is 420 g/mol. The maximum absolute atomic E-state index is 11.8. The van der Waals surface area contributed by atoms with Crippen molar-refractivity contribution < 1.29 is 0 Å². The fourth-order valence-corrected chi connectivity index (χ4v) is 4.48. The number of aromatic nitrogens is 1. The predicted molar refractivity (Wildman–Crippen MR) is 134 cm³/mol. The average molecular weight is 449 g/mol. The van der Waals surface area contributed by atoms with Crippen molar-refractivity contribution in [3.05, 3.63) is 101 Å². The number of nitrogens with one attached hydrogen (secondary N) is 2. The summed E-state index contributed by atoms with van der Waals surface area (Å²) in [6, 6.07) is 11.8. The third-order valence-corrected chi connectivity index (χ3v) is 6.31. The van der Waals surface area contributed by atoms with Gasteiger partial charge in [0.15, 0.2) is 0 Å². The zero-order valence-electron chi connectivity index (χ0n) is 18.5. The summed E-state index contributed by atoms with van der Waals surface area (Å²) in [6.07, 6.45) is 11.7. The third kappa shape index (κ3) is 4.68. The molecular formula is C26H29ClN4O. The first-order valence-electron chi connectivity index (χ1n) is 11.0. The van der Waals surface area contributed by atoms with Gasteiger partial charge < -0.3 is 20.1 Å². The minimum Gasteiger partial charge on any atom is -0.355 e. The van der Waals surface area contributed by atoms with Crippen LogP contribution in [0.3, 0.4) is 0 Å². The van der Waals surface area contributed by atoms with Gasteiger partial charge in [-0.3, -0.25) is 4.79 Å². The Balaban J connectivity index is 1.56. The van der Waals surface area contributed by atoms with Gasteiger partial charge in [0, 0.05) is 41.9 Å². The van der Waals surface area contributed by atoms with Gasteiger partial charge in [-0.25, -0.2) is 0 Å². The van der Waals surface area contributed by atoms with Crippen LogP contribution in [0.25, 0.3) is 5.70 Å². The van der Waals surface area contributed by atoms with E-state index >= 15 is 0 Å². The summed E-state index contributed by atoms with van der Waals surface area (Å²) in [7, 11) is 0. The highest BCUT2D eigenvalue weighted by atomic mass is 35.5. The molecule has 5 nitrogen and oxygen atoms in total. The molecule has 2 atom stereocenters. The molecule has 1 aromatic carbocycles. The topological polar surface area (TPSA) is 51.4 Å². The molecule has 0 aliphatic carbocycles. The first-order valence-corrected chi connectivity index (χ1v) is 11.4. The zero-order valence-corrected chi connectivity index (χ0v) is 19.3. The summed E-state index contributed by atoms with van der Waals surface area (Å²) < 4.78 is 0. The molecule has 0 radical (unpaired) electrons. The lowest BCUT2D eigenvalue weighted by Gasteiger charge is -2.37. The predicted octanol–water partition coefficient (Wildman–Crippen LogP) is 5.88. The van der Waals surface area contributed by atoms with Gasteiger partial charge in [-0.1, -0.05) is 31.2 Å². The highest BCUT2D eigenvalue weighted by Gasteiger charge is 2.25. The number of aromatic amines is 1. The molecule has 4 rings (SSSR count). The van der Waals surface area contributed by atoms with E-state index in [1.165, 1.54) is 6.42 Å². The van der Waals surface area contributed by atoms with Crippen molar-refractivity contribution >= 4 is 28.7 Å². The minimum atomic E-state index is -0.135. The van der Waals surface area contributed by atoms with E-state index in [2.05, 4.69) is 53.0 Å². The number of hydrogen-bond acceptors (Lipinski definition) is 4. The Kier molecular flexibility index (Phi) is 6.56. The first kappa shape index (κ1) is 22.0. The number of nitrogens with zero attached hydrogens (tertiary/aromatic N) is 2. The Hall–Kier alpha value is -3.18. The van der Waals surface area contributed by atoms with E-state index in [-0.39, 0.29) is 11.1 Å². The lowest BCUT2D eigenvalue weighted by Crippen LogP contribution is -2.39. The number of piperidine rings is 1. The lowest BCUT2D eigenvalue weighted by molar-refractivity contribution is 0.427. The molecule has 1 aromatic heterocycles. The molecule has 32 heavy (non-hydrogen) atoms. The molecule has 2 N–H and O–H groups in total. The molecule has 1 fully saturated rings. The summed E-state index contributed by atoms with van der Waals surface area (Å²) in [5.74, 6) is 0.650. The van der Waals surface area contributed by atoms with E-state index in [1.807, 2.05) is 42.3 Å². The van der Waals surface area contributed by atoms with Crippen molar-refractivity contribution in [2.24, 2.45) is 5.92 Å². The number of anilines is 2. The number of H-pyrrole nitrogens is 1. The van der Waals surface area contributed by atoms with Crippen LogP contribution >= 0.6 is 11.6 Å². The number of benzene rings is 1. The third-order valence-electron chi connectivity index (χ3n) is 5.86. The second-order valence-corrected chi connectivity index (χ2v) is 8.82. The van der Waals surface area contributed by atoms with Crippen LogP contribution in [0.4, 0.5) is 11.4 Å². The van der Waals surface area contributed by atoms with Gasteiger partial charge in [-0.15, -0.1) is 0 Å². The van der Waals surface area contributed by atoms with Crippen LogP contribution in [0.1, 0.15) is 32.3 Å². The van der Waals surface area contributed by atoms with Crippen molar-refractivity contribution in [1.29, 1.82) is 0 Å². The van der Waals surface area contributed by atoms with Crippen LogP contribution in [0.15, 0.2) is 89.8 Å². The van der Waals surface area contributed by atoms with Crippen molar-refractivity contribution in [1.82, 2.24) is 9.88 Å². The van der Waals surface area contributed by atoms with Gasteiger partial charge in [0.25, 0.3) is 0 Å². The van der Waals surface area contributed by atoms with E-state index in [9.17, 15) is 4.79 Å². The van der Waals surface area contributed by atoms with E-state index in [0.717, 1.165) is 47.0 Å². The molecule has 6 heteroatoms. The number of allylic oxidation sites excluding steroid dienone is 3. The van der Waals surface area contributed by atoms with Gasteiger partial charge in [-0.05, 0) is 68.2 Å². The van der Waals surface area contributed by atoms with Crippen LogP contribution < -0.4 is 15.8 Å². The lowest BCUT2D eigenvalue weighted by atomic mass is 9.99. The van der Waals surface area contributed by atoms with Crippen LogP contribution in [0.2, 0.25) is 0 Å². The molecule has 0 saturated carbocycles. The van der Waals surface area contributed by atoms with Crippen molar-refractivity contribution in [3.63, 3.8) is 0 Å². The van der Waals surface area contributed by atoms with Crippen LogP contribution in [0, 0.1) is 5.92 Å². The second kappa shape index (κ2) is 9.53. The maximum Gasteiger partial charge on any atom is 0.248 e. The SMILES string of the molecule is C=C1C(Nc2ccc(N3C[C@H](C)CC[C@H]3Cl)cc2)=CC=C(c2cc[nH]c(=O)c2)N1/C=C\C. The Morgan fingerprint density at radius 1 is 1.19 bits per heavy atom. The summed E-state index contributed by atoms with van der Waals surface area (Å²) in [4.78, 5) is 18.7. The molecule has 2 aliphatic heterocycles. The van der Waals surface area contributed by atoms with E-state index in [0.29, 0.717) is 5.92 Å². The largest absolute Gasteiger partial charge is 0.355 e. The molecule has 166 valence electrons. The quantitative estimate of drug-likeness (QED) is 0.443. The van der Waals surface area contributed by atoms with Crippen LogP contribution in [-0.2, 0) is 0 Å². The highest BCUT2D eigenvalue weighted by Crippen LogP contribution is 2.33. The van der Waals surface area contributed by atoms with Crippen molar-refractivity contribution in [2.75, 3.05) is 16.8 Å². The van der Waals surface area contributed by atoms with Crippen LogP contribution in [-0.4, -0.2) is 21.9 Å². The standard InChI is InChI=1S/C26H29ClN4O/c1-4-15-30-19(3)23(10-11-24(30)20-13-14-28-26(32)16-20)29-21-6-8-22(9-7-21)31-17-18(2)5-12-25(31)27/h4,6-11,13-16,18,25,29H,3,5,12,17H2,1-2H3,(H,28,32)/b15-4-/t18-,25+/m1/s1. The van der Waals surface area contributed by atoms with Gasteiger partial charge in [0.05, 0.1) is 17.1 Å². The molecule has 3 heterocycles. The van der Waals surface area contributed by atoms with E-state index in [1.54, 1.807) is 12.3 Å². The van der Waals surface area contributed by atoms with Gasteiger partial charge in [0.1, 0.15) is 5.50 Å². The van der Waals surface area contributed by atoms with Gasteiger partial charge >= 0.3 is 0 Å². The summed E-state index contributed by atoms with van der Waals surface area (Å²) in [6.45, 7) is 9.51. The zero-order chi connectivity index (χ0) is 22.7. The molecule has 2 aromatic rings. The summed E-state index contributed by atoms with van der Waals surface area (Å²) in [5.41, 5.74) is 5.46. The van der Waals surface area contributed by atoms with E-state index in [4.69, 9.17) is 11.6 Å². The maximum atomic E-state index is 11.8. The Bertz CT molecular complexity index is 1130. The number of pyridine rings is 1. The fourth-order valence-electron chi connectivity index (χ4n) is 4.16. The van der Waals surface area contributed by atoms with E-state index < -0.39 is 0 Å². The molecule has 0 spiro atoms. The first-order chi connectivity index (χ1) is 15.5. The molecule has 1 saturated heterocycles. The van der Waals surface area contributed by atoms with Gasteiger partial charge in [0.2, 0.25) is 5.56 Å². The van der Waals surface area contributed by atoms with Crippen LogP contribution in [0.5, 0.6) is 0 Å². The average Bonchev–Trinajstić information content (AvgIpc) is 2.79. The minimum absolute atomic E-state index is 0.0500. The summed E-state index contributed by atoms with van der Waals surface area (Å²) >= 11 is 6.57. The van der Waals surface area contributed by atoms with Crippen molar-refractivity contribution in [3.8, 4) is 0 Å².